The Bertz CT molecular complexity index is 2160. The number of fused-ring (bicyclic) bond motifs is 5. The molecule has 0 fully saturated rings. The van der Waals surface area contributed by atoms with Gasteiger partial charge in [0.15, 0.2) is 6.21 Å². The number of hydrogen-bond acceptors (Lipinski definition) is 1. The lowest BCUT2D eigenvalue weighted by molar-refractivity contribution is 1.15. The van der Waals surface area contributed by atoms with Crippen LogP contribution in [0.1, 0.15) is 29.2 Å². The number of hydrogen-bond donors (Lipinski definition) is 1. The summed E-state index contributed by atoms with van der Waals surface area (Å²) in [5, 5.41) is 9.71. The Hall–Kier alpha value is -5.86. The van der Waals surface area contributed by atoms with Crippen molar-refractivity contribution in [2.75, 3.05) is 0 Å². The van der Waals surface area contributed by atoms with Crippen molar-refractivity contribution in [3.8, 4) is 22.3 Å². The van der Waals surface area contributed by atoms with E-state index in [4.69, 9.17) is 5.41 Å². The molecule has 0 unspecified atom stereocenters. The molecule has 5 aromatic carbocycles. The maximum atomic E-state index is 7.32. The van der Waals surface area contributed by atoms with Crippen LogP contribution in [-0.4, -0.2) is 12.4 Å². The first-order valence-corrected chi connectivity index (χ1v) is 15.5. The van der Waals surface area contributed by atoms with Crippen LogP contribution in [0.4, 0.5) is 11.4 Å². The molecule has 0 saturated heterocycles. The summed E-state index contributed by atoms with van der Waals surface area (Å²) in [5.41, 5.74) is 13.7. The Labute approximate surface area is 272 Å². The summed E-state index contributed by atoms with van der Waals surface area (Å²) in [4.78, 5) is 0. The van der Waals surface area contributed by atoms with Crippen molar-refractivity contribution in [2.45, 2.75) is 13.8 Å². The van der Waals surface area contributed by atoms with E-state index >= 15 is 0 Å². The Balaban J connectivity index is 1.48. The van der Waals surface area contributed by atoms with Gasteiger partial charge in [-0.25, -0.2) is 0 Å². The zero-order valence-electron chi connectivity index (χ0n) is 26.4. The molecule has 0 aromatic heterocycles. The van der Waals surface area contributed by atoms with Crippen molar-refractivity contribution in [1.82, 2.24) is 4.58 Å². The van der Waals surface area contributed by atoms with Gasteiger partial charge in [0.25, 0.3) is 0 Å². The maximum absolute atomic E-state index is 7.32. The van der Waals surface area contributed by atoms with Crippen LogP contribution in [0.15, 0.2) is 159 Å². The number of nitrogens with one attached hydrogen (secondary N) is 1. The molecule has 0 bridgehead atoms. The first-order chi connectivity index (χ1) is 22.5. The number of nitrogens with zero attached hydrogens (tertiary/aromatic N) is 1. The smallest absolute Gasteiger partial charge is 0.227 e. The lowest BCUT2D eigenvalue weighted by Crippen LogP contribution is -2.02. The van der Waals surface area contributed by atoms with E-state index in [1.807, 2.05) is 31.2 Å². The molecule has 5 aromatic rings. The standard InChI is InChI=1S/C44H37N2/c1-5-7-8-11-27-46-43-30-35(34-18-12-17-33(28-34)31(3)16-13-26-45)20-24-41(43)42-25-22-37-29-36(21-23-40(37)44(42)46)39(14-6-2)38-19-10-9-15-32(38)4/h5-30,45H,2-3H2,1,4H3/q+1/b7-5-,11-8-,16-13-,39-14-,45-26?,46-27?. The van der Waals surface area contributed by atoms with Gasteiger partial charge in [-0.2, -0.15) is 4.58 Å². The average molecular weight is 594 g/mol. The molecule has 0 spiro atoms. The maximum Gasteiger partial charge on any atom is 0.227 e. The lowest BCUT2D eigenvalue weighted by atomic mass is 9.91. The highest BCUT2D eigenvalue weighted by molar-refractivity contribution is 6.10. The summed E-state index contributed by atoms with van der Waals surface area (Å²) >= 11 is 0. The Morgan fingerprint density at radius 1 is 0.761 bits per heavy atom. The molecule has 0 radical (unpaired) electrons. The van der Waals surface area contributed by atoms with Crippen LogP contribution in [0.3, 0.4) is 0 Å². The van der Waals surface area contributed by atoms with Crippen LogP contribution in [0, 0.1) is 12.3 Å². The molecule has 2 heteroatoms. The summed E-state index contributed by atoms with van der Waals surface area (Å²) in [6.45, 7) is 12.4. The second-order valence-electron chi connectivity index (χ2n) is 11.3. The summed E-state index contributed by atoms with van der Waals surface area (Å²) in [6, 6.07) is 35.0. The molecule has 1 aliphatic rings. The van der Waals surface area contributed by atoms with E-state index in [9.17, 15) is 0 Å². The molecule has 0 atom stereocenters. The van der Waals surface area contributed by atoms with E-state index in [0.29, 0.717) is 0 Å². The number of rotatable bonds is 9. The van der Waals surface area contributed by atoms with Crippen molar-refractivity contribution < 1.29 is 0 Å². The molecular formula is C44H37N2+. The van der Waals surface area contributed by atoms with Crippen LogP contribution >= 0.6 is 0 Å². The largest absolute Gasteiger partial charge is 0.309 e. The van der Waals surface area contributed by atoms with E-state index in [1.165, 1.54) is 56.1 Å². The molecular weight excluding hydrogens is 556 g/mol. The normalized spacial score (nSPS) is 13.6. The Morgan fingerprint density at radius 2 is 1.59 bits per heavy atom. The van der Waals surface area contributed by atoms with E-state index in [-0.39, 0.29) is 0 Å². The lowest BCUT2D eigenvalue weighted by Gasteiger charge is -2.12. The van der Waals surface area contributed by atoms with Crippen molar-refractivity contribution >= 4 is 45.7 Å². The molecule has 6 rings (SSSR count). The van der Waals surface area contributed by atoms with Crippen molar-refractivity contribution in [2.24, 2.45) is 0 Å². The fourth-order valence-electron chi connectivity index (χ4n) is 6.18. The van der Waals surface area contributed by atoms with Gasteiger partial charge in [0.2, 0.25) is 11.4 Å². The number of benzene rings is 5. The third-order valence-electron chi connectivity index (χ3n) is 8.42. The topological polar surface area (TPSA) is 26.9 Å². The Morgan fingerprint density at radius 3 is 2.39 bits per heavy atom. The minimum Gasteiger partial charge on any atom is -0.309 e. The van der Waals surface area contributed by atoms with E-state index in [2.05, 4.69) is 146 Å². The van der Waals surface area contributed by atoms with Gasteiger partial charge in [0.05, 0.1) is 16.5 Å². The highest BCUT2D eigenvalue weighted by atomic mass is 15.0. The first kappa shape index (κ1) is 30.2. The quantitative estimate of drug-likeness (QED) is 0.0981. The van der Waals surface area contributed by atoms with Gasteiger partial charge < -0.3 is 5.41 Å². The second-order valence-corrected chi connectivity index (χ2v) is 11.3. The fraction of sp³-hybridized carbons (Fsp3) is 0.0455. The number of aryl methyl sites for hydroxylation is 1. The molecule has 1 aliphatic heterocycles. The van der Waals surface area contributed by atoms with E-state index in [1.54, 1.807) is 6.08 Å². The van der Waals surface area contributed by atoms with Crippen molar-refractivity contribution in [3.05, 3.63) is 181 Å². The summed E-state index contributed by atoms with van der Waals surface area (Å²) < 4.78 is 2.33. The molecule has 1 N–H and O–H groups in total. The van der Waals surface area contributed by atoms with Crippen LogP contribution in [0.25, 0.3) is 44.2 Å². The predicted octanol–water partition coefficient (Wildman–Crippen LogP) is 11.7. The van der Waals surface area contributed by atoms with Crippen molar-refractivity contribution in [1.29, 1.82) is 5.41 Å². The van der Waals surface area contributed by atoms with Crippen LogP contribution < -0.4 is 4.58 Å². The second kappa shape index (κ2) is 13.4. The molecule has 46 heavy (non-hydrogen) atoms. The van der Waals surface area contributed by atoms with Gasteiger partial charge in [0.1, 0.15) is 0 Å². The van der Waals surface area contributed by atoms with Gasteiger partial charge in [-0.3, -0.25) is 0 Å². The zero-order chi connectivity index (χ0) is 32.0. The molecule has 1 heterocycles. The van der Waals surface area contributed by atoms with Gasteiger partial charge in [-0.05, 0) is 100 Å². The number of allylic oxidation sites excluding steroid dienone is 9. The molecule has 0 saturated carbocycles. The molecule has 222 valence electrons. The highest BCUT2D eigenvalue weighted by Gasteiger charge is 2.33. The average Bonchev–Trinajstić information content (AvgIpc) is 3.41. The van der Waals surface area contributed by atoms with Gasteiger partial charge in [-0.15, -0.1) is 0 Å². The van der Waals surface area contributed by atoms with Gasteiger partial charge >= 0.3 is 0 Å². The van der Waals surface area contributed by atoms with Crippen LogP contribution in [0.5, 0.6) is 0 Å². The third-order valence-corrected chi connectivity index (χ3v) is 8.42. The van der Waals surface area contributed by atoms with E-state index < -0.39 is 0 Å². The van der Waals surface area contributed by atoms with Crippen molar-refractivity contribution in [3.63, 3.8) is 0 Å². The summed E-state index contributed by atoms with van der Waals surface area (Å²) in [5.74, 6) is 0. The van der Waals surface area contributed by atoms with Crippen LogP contribution in [-0.2, 0) is 0 Å². The fourth-order valence-corrected chi connectivity index (χ4v) is 6.18. The van der Waals surface area contributed by atoms with Gasteiger partial charge in [-0.1, -0.05) is 110 Å². The SMILES string of the molecule is C=C/C=C(/c1ccc2c3c(ccc2c1)-c1ccc(-c2cccc(C(=C)/C=C\C=N)c2)cc1[N+]3=C/C=C\C=C/C)c1ccccc1C. The molecule has 0 amide bonds. The Kier molecular flexibility index (Phi) is 8.80. The predicted molar refractivity (Wildman–Crippen MR) is 202 cm³/mol. The zero-order valence-corrected chi connectivity index (χ0v) is 26.4. The van der Waals surface area contributed by atoms with Gasteiger partial charge in [0, 0.05) is 18.4 Å². The monoisotopic (exact) mass is 593 g/mol. The summed E-state index contributed by atoms with van der Waals surface area (Å²) in [7, 11) is 0. The molecule has 0 aliphatic carbocycles. The van der Waals surface area contributed by atoms with E-state index in [0.717, 1.165) is 28.0 Å². The third kappa shape index (κ3) is 5.81. The minimum atomic E-state index is 0.877. The molecule has 2 nitrogen and oxygen atoms in total. The van der Waals surface area contributed by atoms with Crippen LogP contribution in [0.2, 0.25) is 0 Å². The summed E-state index contributed by atoms with van der Waals surface area (Å²) in [6.07, 6.45) is 19.2. The highest BCUT2D eigenvalue weighted by Crippen LogP contribution is 2.49. The first-order valence-electron chi connectivity index (χ1n) is 15.5. The minimum absolute atomic E-state index is 0.877.